The molecular formula is C12H17N3. The van der Waals surface area contributed by atoms with Crippen molar-refractivity contribution >= 4 is 5.52 Å². The number of pyridine rings is 1. The fraction of sp³-hybridized carbons (Fsp3) is 0.417. The first-order chi connectivity index (χ1) is 7.31. The molecule has 1 unspecified atom stereocenters. The smallest absolute Gasteiger partial charge is 0.0706 e. The maximum absolute atomic E-state index is 4.30. The number of rotatable bonds is 4. The molecule has 0 fully saturated rings. The third-order valence-electron chi connectivity index (χ3n) is 2.76. The van der Waals surface area contributed by atoms with Gasteiger partial charge in [0.05, 0.1) is 11.7 Å². The predicted octanol–water partition coefficient (Wildman–Crippen LogP) is 2.22. The number of nitrogens with one attached hydrogen (secondary N) is 1. The highest BCUT2D eigenvalue weighted by Crippen LogP contribution is 2.09. The summed E-state index contributed by atoms with van der Waals surface area (Å²) in [6, 6.07) is 6.69. The molecule has 0 aliphatic heterocycles. The Morgan fingerprint density at radius 3 is 3.13 bits per heavy atom. The minimum Gasteiger partial charge on any atom is -0.310 e. The van der Waals surface area contributed by atoms with Crippen LogP contribution in [-0.4, -0.2) is 15.7 Å². The van der Waals surface area contributed by atoms with Gasteiger partial charge in [0.1, 0.15) is 0 Å². The van der Waals surface area contributed by atoms with Gasteiger partial charge in [0.15, 0.2) is 0 Å². The summed E-state index contributed by atoms with van der Waals surface area (Å²) in [5.41, 5.74) is 2.45. The maximum atomic E-state index is 4.30. The molecule has 80 valence electrons. The topological polar surface area (TPSA) is 29.3 Å². The molecule has 2 aromatic heterocycles. The number of fused-ring (bicyclic) bond motifs is 1. The highest BCUT2D eigenvalue weighted by atomic mass is 15.2. The van der Waals surface area contributed by atoms with Crippen molar-refractivity contribution in [2.75, 3.05) is 0 Å². The first-order valence-corrected chi connectivity index (χ1v) is 5.46. The summed E-state index contributed by atoms with van der Waals surface area (Å²) in [4.78, 5) is 0. The van der Waals surface area contributed by atoms with Crippen LogP contribution < -0.4 is 5.32 Å². The third-order valence-corrected chi connectivity index (χ3v) is 2.76. The molecule has 0 amide bonds. The van der Waals surface area contributed by atoms with Crippen LogP contribution in [0.25, 0.3) is 5.52 Å². The zero-order valence-corrected chi connectivity index (χ0v) is 9.27. The van der Waals surface area contributed by atoms with Gasteiger partial charge in [-0.1, -0.05) is 13.0 Å². The van der Waals surface area contributed by atoms with E-state index in [2.05, 4.69) is 30.3 Å². The van der Waals surface area contributed by atoms with Crippen LogP contribution in [0.3, 0.4) is 0 Å². The van der Waals surface area contributed by atoms with E-state index in [1.807, 2.05) is 29.0 Å². The van der Waals surface area contributed by atoms with E-state index in [1.54, 1.807) is 0 Å². The van der Waals surface area contributed by atoms with E-state index in [4.69, 9.17) is 0 Å². The molecule has 1 atom stereocenters. The van der Waals surface area contributed by atoms with E-state index in [1.165, 1.54) is 11.1 Å². The van der Waals surface area contributed by atoms with Gasteiger partial charge in [-0.25, -0.2) is 4.52 Å². The minimum absolute atomic E-state index is 0.559. The predicted molar refractivity (Wildman–Crippen MR) is 61.8 cm³/mol. The molecule has 2 aromatic rings. The molecule has 3 nitrogen and oxygen atoms in total. The fourth-order valence-electron chi connectivity index (χ4n) is 1.55. The molecule has 2 heterocycles. The Labute approximate surface area is 90.1 Å². The second-order valence-corrected chi connectivity index (χ2v) is 3.89. The summed E-state index contributed by atoms with van der Waals surface area (Å²) in [5, 5.41) is 7.77. The highest BCUT2D eigenvalue weighted by molar-refractivity contribution is 5.53. The maximum Gasteiger partial charge on any atom is 0.0706 e. The van der Waals surface area contributed by atoms with Crippen LogP contribution in [0.5, 0.6) is 0 Å². The van der Waals surface area contributed by atoms with Gasteiger partial charge < -0.3 is 5.32 Å². The van der Waals surface area contributed by atoms with E-state index in [0.29, 0.717) is 6.04 Å². The van der Waals surface area contributed by atoms with Gasteiger partial charge in [0.25, 0.3) is 0 Å². The monoisotopic (exact) mass is 203 g/mol. The summed E-state index contributed by atoms with van der Waals surface area (Å²) < 4.78 is 1.91. The Bertz CT molecular complexity index is 433. The molecule has 0 spiro atoms. The normalized spacial score (nSPS) is 13.2. The van der Waals surface area contributed by atoms with Crippen LogP contribution in [0.4, 0.5) is 0 Å². The lowest BCUT2D eigenvalue weighted by Crippen LogP contribution is -2.24. The average Bonchev–Trinajstić information content (AvgIpc) is 2.69. The van der Waals surface area contributed by atoms with Crippen LogP contribution in [0.15, 0.2) is 30.6 Å². The van der Waals surface area contributed by atoms with Gasteiger partial charge in [0, 0.05) is 24.3 Å². The van der Waals surface area contributed by atoms with Gasteiger partial charge in [-0.3, -0.25) is 0 Å². The first-order valence-electron chi connectivity index (χ1n) is 5.46. The summed E-state index contributed by atoms with van der Waals surface area (Å²) in [6.07, 6.45) is 5.06. The van der Waals surface area contributed by atoms with E-state index in [-0.39, 0.29) is 0 Å². The van der Waals surface area contributed by atoms with Gasteiger partial charge in [-0.05, 0) is 25.5 Å². The number of aromatic nitrogens is 2. The summed E-state index contributed by atoms with van der Waals surface area (Å²) >= 11 is 0. The molecule has 0 saturated carbocycles. The molecule has 0 aromatic carbocycles. The number of hydrogen-bond acceptors (Lipinski definition) is 2. The van der Waals surface area contributed by atoms with Crippen molar-refractivity contribution in [3.05, 3.63) is 36.2 Å². The fourth-order valence-corrected chi connectivity index (χ4v) is 1.55. The molecule has 0 bridgehead atoms. The second-order valence-electron chi connectivity index (χ2n) is 3.89. The Morgan fingerprint density at radius 1 is 1.47 bits per heavy atom. The SMILES string of the molecule is CCC(C)NCc1cnn2ccccc12. The van der Waals surface area contributed by atoms with Crippen molar-refractivity contribution in [1.82, 2.24) is 14.9 Å². The number of hydrogen-bond donors (Lipinski definition) is 1. The molecule has 0 saturated heterocycles. The van der Waals surface area contributed by atoms with Crippen molar-refractivity contribution in [2.24, 2.45) is 0 Å². The van der Waals surface area contributed by atoms with Gasteiger partial charge >= 0.3 is 0 Å². The van der Waals surface area contributed by atoms with Crippen LogP contribution in [0, 0.1) is 0 Å². The van der Waals surface area contributed by atoms with Crippen molar-refractivity contribution in [1.29, 1.82) is 0 Å². The van der Waals surface area contributed by atoms with E-state index < -0.39 is 0 Å². The number of nitrogens with zero attached hydrogens (tertiary/aromatic N) is 2. The molecule has 0 aliphatic rings. The van der Waals surface area contributed by atoms with Gasteiger partial charge in [-0.15, -0.1) is 0 Å². The lowest BCUT2D eigenvalue weighted by atomic mass is 10.2. The summed E-state index contributed by atoms with van der Waals surface area (Å²) in [6.45, 7) is 5.28. The Morgan fingerprint density at radius 2 is 2.33 bits per heavy atom. The molecule has 3 heteroatoms. The van der Waals surface area contributed by atoms with E-state index in [0.717, 1.165) is 13.0 Å². The van der Waals surface area contributed by atoms with Crippen molar-refractivity contribution in [2.45, 2.75) is 32.9 Å². The van der Waals surface area contributed by atoms with Crippen molar-refractivity contribution < 1.29 is 0 Å². The van der Waals surface area contributed by atoms with Crippen LogP contribution in [0.2, 0.25) is 0 Å². The highest BCUT2D eigenvalue weighted by Gasteiger charge is 2.03. The largest absolute Gasteiger partial charge is 0.310 e. The Balaban J connectivity index is 2.14. The van der Waals surface area contributed by atoms with Gasteiger partial charge in [-0.2, -0.15) is 5.10 Å². The first kappa shape index (κ1) is 10.2. The Hall–Kier alpha value is -1.35. The quantitative estimate of drug-likeness (QED) is 0.825. The van der Waals surface area contributed by atoms with E-state index >= 15 is 0 Å². The molecule has 15 heavy (non-hydrogen) atoms. The third kappa shape index (κ3) is 2.18. The van der Waals surface area contributed by atoms with Crippen molar-refractivity contribution in [3.8, 4) is 0 Å². The zero-order chi connectivity index (χ0) is 10.7. The van der Waals surface area contributed by atoms with Crippen LogP contribution in [-0.2, 0) is 6.54 Å². The average molecular weight is 203 g/mol. The molecule has 0 radical (unpaired) electrons. The Kier molecular flexibility index (Phi) is 3.02. The molecule has 0 aliphatic carbocycles. The second kappa shape index (κ2) is 4.45. The molecule has 1 N–H and O–H groups in total. The standard InChI is InChI=1S/C12H17N3/c1-3-10(2)13-8-11-9-14-15-7-5-4-6-12(11)15/h4-7,9-10,13H,3,8H2,1-2H3. The van der Waals surface area contributed by atoms with Gasteiger partial charge in [0.2, 0.25) is 0 Å². The lowest BCUT2D eigenvalue weighted by Gasteiger charge is -2.09. The molecule has 2 rings (SSSR count). The minimum atomic E-state index is 0.559. The van der Waals surface area contributed by atoms with E-state index in [9.17, 15) is 0 Å². The summed E-state index contributed by atoms with van der Waals surface area (Å²) in [5.74, 6) is 0. The molecular weight excluding hydrogens is 186 g/mol. The van der Waals surface area contributed by atoms with Crippen LogP contribution in [0.1, 0.15) is 25.8 Å². The zero-order valence-electron chi connectivity index (χ0n) is 9.27. The summed E-state index contributed by atoms with van der Waals surface area (Å²) in [7, 11) is 0. The van der Waals surface area contributed by atoms with Crippen molar-refractivity contribution in [3.63, 3.8) is 0 Å². The lowest BCUT2D eigenvalue weighted by molar-refractivity contribution is 0.535. The van der Waals surface area contributed by atoms with Crippen LogP contribution >= 0.6 is 0 Å².